The second-order valence-corrected chi connectivity index (χ2v) is 4.24. The van der Waals surface area contributed by atoms with Crippen molar-refractivity contribution < 1.29 is 13.2 Å². The van der Waals surface area contributed by atoms with Crippen LogP contribution in [0.15, 0.2) is 48.5 Å². The summed E-state index contributed by atoms with van der Waals surface area (Å²) in [6.07, 6.45) is 0. The number of nitrogens with one attached hydrogen (secondary N) is 1. The van der Waals surface area contributed by atoms with Gasteiger partial charge in [0.15, 0.2) is 17.5 Å². The van der Waals surface area contributed by atoms with E-state index in [2.05, 4.69) is 10.3 Å². The van der Waals surface area contributed by atoms with Crippen LogP contribution in [-0.4, -0.2) is 4.98 Å². The molecule has 0 unspecified atom stereocenters. The molecule has 0 atom stereocenters. The molecule has 1 heterocycles. The monoisotopic (exact) mass is 274 g/mol. The number of para-hydroxylation sites is 1. The molecule has 0 amide bonds. The minimum atomic E-state index is -1.50. The SMILES string of the molecule is Fc1ccc(Nc2ccc3ccccc3n2)c(F)c1F. The third-order valence-electron chi connectivity index (χ3n) is 2.90. The van der Waals surface area contributed by atoms with E-state index < -0.39 is 17.5 Å². The minimum Gasteiger partial charge on any atom is -0.338 e. The molecule has 0 aliphatic carbocycles. The summed E-state index contributed by atoms with van der Waals surface area (Å²) >= 11 is 0. The first kappa shape index (κ1) is 12.5. The zero-order chi connectivity index (χ0) is 14.1. The number of fused-ring (bicyclic) bond motifs is 1. The highest BCUT2D eigenvalue weighted by Crippen LogP contribution is 2.23. The normalized spacial score (nSPS) is 10.8. The average molecular weight is 274 g/mol. The van der Waals surface area contributed by atoms with Gasteiger partial charge in [-0.05, 0) is 30.3 Å². The van der Waals surface area contributed by atoms with Crippen LogP contribution in [0.5, 0.6) is 0 Å². The van der Waals surface area contributed by atoms with Gasteiger partial charge in [0.2, 0.25) is 0 Å². The van der Waals surface area contributed by atoms with E-state index in [-0.39, 0.29) is 5.69 Å². The van der Waals surface area contributed by atoms with Crippen LogP contribution in [0.4, 0.5) is 24.7 Å². The molecule has 3 rings (SSSR count). The molecule has 0 aliphatic rings. The van der Waals surface area contributed by atoms with Crippen LogP contribution in [0.25, 0.3) is 10.9 Å². The van der Waals surface area contributed by atoms with Crippen LogP contribution in [0, 0.1) is 17.5 Å². The fourth-order valence-electron chi connectivity index (χ4n) is 1.90. The fraction of sp³-hybridized carbons (Fsp3) is 0. The van der Waals surface area contributed by atoms with Crippen LogP contribution in [-0.2, 0) is 0 Å². The van der Waals surface area contributed by atoms with Crippen LogP contribution in [0.1, 0.15) is 0 Å². The number of rotatable bonds is 2. The molecule has 3 aromatic rings. The second-order valence-electron chi connectivity index (χ2n) is 4.24. The molecular weight excluding hydrogens is 265 g/mol. The lowest BCUT2D eigenvalue weighted by Gasteiger charge is -2.08. The first-order chi connectivity index (χ1) is 9.65. The highest BCUT2D eigenvalue weighted by molar-refractivity contribution is 5.80. The Balaban J connectivity index is 1.99. The average Bonchev–Trinajstić information content (AvgIpc) is 2.48. The number of aromatic nitrogens is 1. The summed E-state index contributed by atoms with van der Waals surface area (Å²) in [7, 11) is 0. The van der Waals surface area contributed by atoms with E-state index >= 15 is 0 Å². The summed E-state index contributed by atoms with van der Waals surface area (Å²) in [5.41, 5.74) is 0.562. The fourth-order valence-corrected chi connectivity index (χ4v) is 1.90. The van der Waals surface area contributed by atoms with Gasteiger partial charge < -0.3 is 5.32 Å². The van der Waals surface area contributed by atoms with E-state index in [1.54, 1.807) is 6.07 Å². The Labute approximate surface area is 112 Å². The molecule has 5 heteroatoms. The van der Waals surface area contributed by atoms with Crippen molar-refractivity contribution in [3.63, 3.8) is 0 Å². The van der Waals surface area contributed by atoms with Crippen molar-refractivity contribution >= 4 is 22.4 Å². The maximum absolute atomic E-state index is 13.6. The molecule has 100 valence electrons. The third kappa shape index (κ3) is 2.18. The number of pyridine rings is 1. The largest absolute Gasteiger partial charge is 0.338 e. The predicted octanol–water partition coefficient (Wildman–Crippen LogP) is 4.40. The molecule has 2 aromatic carbocycles. The summed E-state index contributed by atoms with van der Waals surface area (Å²) in [6.45, 7) is 0. The second kappa shape index (κ2) is 4.85. The van der Waals surface area contributed by atoms with Gasteiger partial charge in [0.1, 0.15) is 5.82 Å². The molecule has 1 N–H and O–H groups in total. The Hall–Kier alpha value is -2.56. The van der Waals surface area contributed by atoms with Crippen LogP contribution in [0.3, 0.4) is 0 Å². The Morgan fingerprint density at radius 3 is 2.45 bits per heavy atom. The number of halogens is 3. The first-order valence-corrected chi connectivity index (χ1v) is 5.91. The van der Waals surface area contributed by atoms with Crippen LogP contribution in [0.2, 0.25) is 0 Å². The van der Waals surface area contributed by atoms with Gasteiger partial charge >= 0.3 is 0 Å². The third-order valence-corrected chi connectivity index (χ3v) is 2.90. The molecule has 0 saturated heterocycles. The predicted molar refractivity (Wildman–Crippen MR) is 71.3 cm³/mol. The molecule has 0 fully saturated rings. The topological polar surface area (TPSA) is 24.9 Å². The highest BCUT2D eigenvalue weighted by Gasteiger charge is 2.13. The van der Waals surface area contributed by atoms with Gasteiger partial charge in [-0.1, -0.05) is 18.2 Å². The number of benzene rings is 2. The molecular formula is C15H9F3N2. The maximum atomic E-state index is 13.6. The maximum Gasteiger partial charge on any atom is 0.196 e. The van der Waals surface area contributed by atoms with Gasteiger partial charge in [0.25, 0.3) is 0 Å². The van der Waals surface area contributed by atoms with Gasteiger partial charge in [-0.2, -0.15) is 0 Å². The van der Waals surface area contributed by atoms with Crippen molar-refractivity contribution in [1.82, 2.24) is 4.98 Å². The Bertz CT molecular complexity index is 787. The summed E-state index contributed by atoms with van der Waals surface area (Å²) in [5, 5.41) is 3.57. The summed E-state index contributed by atoms with van der Waals surface area (Å²) < 4.78 is 39.5. The van der Waals surface area contributed by atoms with Crippen molar-refractivity contribution in [2.45, 2.75) is 0 Å². The van der Waals surface area contributed by atoms with Gasteiger partial charge in [0.05, 0.1) is 11.2 Å². The number of nitrogens with zero attached hydrogens (tertiary/aromatic N) is 1. The summed E-state index contributed by atoms with van der Waals surface area (Å²) in [5.74, 6) is -3.64. The molecule has 1 aromatic heterocycles. The van der Waals surface area contributed by atoms with Crippen molar-refractivity contribution in [2.24, 2.45) is 0 Å². The van der Waals surface area contributed by atoms with E-state index in [4.69, 9.17) is 0 Å². The molecule has 0 aliphatic heterocycles. The standard InChI is InChI=1S/C15H9F3N2/c16-10-6-7-12(15(18)14(10)17)20-13-8-5-9-3-1-2-4-11(9)19-13/h1-8H,(H,19,20). The first-order valence-electron chi connectivity index (χ1n) is 5.91. The molecule has 20 heavy (non-hydrogen) atoms. The molecule has 0 radical (unpaired) electrons. The molecule has 0 spiro atoms. The number of anilines is 2. The van der Waals surface area contributed by atoms with Crippen molar-refractivity contribution in [1.29, 1.82) is 0 Å². The van der Waals surface area contributed by atoms with Crippen molar-refractivity contribution in [3.8, 4) is 0 Å². The van der Waals surface area contributed by atoms with Crippen molar-refractivity contribution in [3.05, 3.63) is 66.0 Å². The number of hydrogen-bond donors (Lipinski definition) is 1. The lowest BCUT2D eigenvalue weighted by atomic mass is 10.2. The van der Waals surface area contributed by atoms with E-state index in [0.717, 1.165) is 23.0 Å². The number of hydrogen-bond acceptors (Lipinski definition) is 2. The molecule has 0 bridgehead atoms. The van der Waals surface area contributed by atoms with Gasteiger partial charge in [0, 0.05) is 5.39 Å². The van der Waals surface area contributed by atoms with Crippen LogP contribution >= 0.6 is 0 Å². The van der Waals surface area contributed by atoms with Gasteiger partial charge in [-0.3, -0.25) is 0 Å². The minimum absolute atomic E-state index is 0.160. The quantitative estimate of drug-likeness (QED) is 0.701. The summed E-state index contributed by atoms with van der Waals surface area (Å²) in [6, 6.07) is 12.9. The Kier molecular flexibility index (Phi) is 3.02. The van der Waals surface area contributed by atoms with E-state index in [1.165, 1.54) is 0 Å². The molecule has 0 saturated carbocycles. The zero-order valence-corrected chi connectivity index (χ0v) is 10.2. The lowest BCUT2D eigenvalue weighted by Crippen LogP contribution is -2.00. The van der Waals surface area contributed by atoms with E-state index in [0.29, 0.717) is 5.82 Å². The zero-order valence-electron chi connectivity index (χ0n) is 10.2. The van der Waals surface area contributed by atoms with E-state index in [1.807, 2.05) is 30.3 Å². The Morgan fingerprint density at radius 2 is 1.60 bits per heavy atom. The lowest BCUT2D eigenvalue weighted by molar-refractivity contribution is 0.449. The highest BCUT2D eigenvalue weighted by atomic mass is 19.2. The summed E-state index contributed by atoms with van der Waals surface area (Å²) in [4.78, 5) is 4.27. The molecule has 2 nitrogen and oxygen atoms in total. The van der Waals surface area contributed by atoms with E-state index in [9.17, 15) is 13.2 Å². The van der Waals surface area contributed by atoms with Gasteiger partial charge in [-0.25, -0.2) is 18.2 Å². The smallest absolute Gasteiger partial charge is 0.196 e. The Morgan fingerprint density at radius 1 is 0.800 bits per heavy atom. The van der Waals surface area contributed by atoms with Crippen LogP contribution < -0.4 is 5.32 Å². The van der Waals surface area contributed by atoms with Gasteiger partial charge in [-0.15, -0.1) is 0 Å². The van der Waals surface area contributed by atoms with Crippen molar-refractivity contribution in [2.75, 3.05) is 5.32 Å².